The number of aromatic nitrogens is 3. The second-order valence-electron chi connectivity index (χ2n) is 6.34. The first kappa shape index (κ1) is 15.4. The van der Waals surface area contributed by atoms with E-state index in [1.165, 1.54) is 11.3 Å². The summed E-state index contributed by atoms with van der Waals surface area (Å²) in [7, 11) is 0. The van der Waals surface area contributed by atoms with Gasteiger partial charge in [-0.25, -0.2) is 0 Å². The van der Waals surface area contributed by atoms with Crippen molar-refractivity contribution in [3.8, 4) is 16.2 Å². The van der Waals surface area contributed by atoms with Crippen LogP contribution in [0.2, 0.25) is 0 Å². The third-order valence-corrected chi connectivity index (χ3v) is 5.94. The zero-order valence-electron chi connectivity index (χ0n) is 13.6. The third-order valence-electron chi connectivity index (χ3n) is 4.72. The first-order chi connectivity index (χ1) is 11.5. The summed E-state index contributed by atoms with van der Waals surface area (Å²) in [6, 6.07) is 0. The Kier molecular flexibility index (Phi) is 3.51. The highest BCUT2D eigenvalue weighted by molar-refractivity contribution is 7.22. The number of pyridine rings is 1. The molecule has 1 aliphatic heterocycles. The van der Waals surface area contributed by atoms with Crippen molar-refractivity contribution in [3.05, 3.63) is 34.0 Å². The van der Waals surface area contributed by atoms with E-state index in [-0.39, 0.29) is 5.56 Å². The molecule has 7 heteroatoms. The highest BCUT2D eigenvalue weighted by atomic mass is 32.1. The monoisotopic (exact) mass is 345 g/mol. The molecule has 0 amide bonds. The number of aliphatic hydroxyl groups is 1. The molecule has 3 aromatic heterocycles. The number of hydrogen-bond donors (Lipinski definition) is 3. The minimum absolute atomic E-state index is 0.177. The fraction of sp³-hybridized carbons (Fsp3) is 0.412. The van der Waals surface area contributed by atoms with Crippen LogP contribution in [0.15, 0.2) is 17.2 Å². The van der Waals surface area contributed by atoms with Crippen LogP contribution in [0.3, 0.4) is 0 Å². The second kappa shape index (κ2) is 5.46. The van der Waals surface area contributed by atoms with E-state index in [2.05, 4.69) is 15.2 Å². The summed E-state index contributed by atoms with van der Waals surface area (Å²) in [6.45, 7) is 4.25. The Morgan fingerprint density at radius 1 is 1.50 bits per heavy atom. The van der Waals surface area contributed by atoms with Crippen LogP contribution in [0.25, 0.3) is 20.5 Å². The van der Waals surface area contributed by atoms with Crippen LogP contribution < -0.4 is 10.3 Å². The van der Waals surface area contributed by atoms with E-state index in [0.717, 1.165) is 40.0 Å². The average molecular weight is 345 g/mol. The Hall–Kier alpha value is -2.12. The van der Waals surface area contributed by atoms with E-state index >= 15 is 0 Å². The molecule has 1 unspecified atom stereocenters. The van der Waals surface area contributed by atoms with Gasteiger partial charge in [-0.2, -0.15) is 5.10 Å². The number of ether oxygens (including phenoxy) is 1. The van der Waals surface area contributed by atoms with Gasteiger partial charge in [0, 0.05) is 17.1 Å². The van der Waals surface area contributed by atoms with E-state index in [1.54, 1.807) is 19.3 Å². The Bertz CT molecular complexity index is 954. The van der Waals surface area contributed by atoms with Crippen molar-refractivity contribution in [1.82, 2.24) is 15.2 Å². The summed E-state index contributed by atoms with van der Waals surface area (Å²) in [5, 5.41) is 18.4. The molecule has 0 bridgehead atoms. The topological polar surface area (TPSA) is 91.0 Å². The Labute approximate surface area is 142 Å². The van der Waals surface area contributed by atoms with Crippen LogP contribution in [0.1, 0.15) is 37.9 Å². The smallest absolute Gasteiger partial charge is 0.266 e. The lowest BCUT2D eigenvalue weighted by molar-refractivity contribution is 0.0475. The van der Waals surface area contributed by atoms with Crippen LogP contribution in [0.5, 0.6) is 5.75 Å². The van der Waals surface area contributed by atoms with E-state index in [9.17, 15) is 9.90 Å². The first-order valence-corrected chi connectivity index (χ1v) is 8.91. The van der Waals surface area contributed by atoms with E-state index < -0.39 is 5.60 Å². The minimum atomic E-state index is -1.07. The highest BCUT2D eigenvalue weighted by Crippen LogP contribution is 2.47. The van der Waals surface area contributed by atoms with Gasteiger partial charge in [-0.1, -0.05) is 6.92 Å². The zero-order chi connectivity index (χ0) is 16.9. The maximum Gasteiger partial charge on any atom is 0.266 e. The van der Waals surface area contributed by atoms with E-state index in [1.807, 2.05) is 6.92 Å². The van der Waals surface area contributed by atoms with Crippen LogP contribution >= 0.6 is 11.3 Å². The van der Waals surface area contributed by atoms with Crippen molar-refractivity contribution in [1.29, 1.82) is 0 Å². The van der Waals surface area contributed by atoms with Crippen LogP contribution in [-0.4, -0.2) is 26.9 Å². The molecule has 1 aliphatic rings. The minimum Gasteiger partial charge on any atom is -0.491 e. The maximum atomic E-state index is 12.7. The van der Waals surface area contributed by atoms with Gasteiger partial charge in [0.15, 0.2) is 0 Å². The molecular formula is C17H19N3O3S. The molecule has 4 heterocycles. The normalized spacial score (nSPS) is 16.6. The van der Waals surface area contributed by atoms with E-state index in [4.69, 9.17) is 4.74 Å². The zero-order valence-corrected chi connectivity index (χ0v) is 14.4. The largest absolute Gasteiger partial charge is 0.491 e. The summed E-state index contributed by atoms with van der Waals surface area (Å²) >= 11 is 1.41. The molecule has 0 saturated heterocycles. The molecule has 0 radical (unpaired) electrons. The van der Waals surface area contributed by atoms with Crippen molar-refractivity contribution in [2.75, 3.05) is 6.61 Å². The predicted octanol–water partition coefficient (Wildman–Crippen LogP) is 2.92. The highest BCUT2D eigenvalue weighted by Gasteiger charge is 2.31. The maximum absolute atomic E-state index is 12.7. The lowest BCUT2D eigenvalue weighted by Crippen LogP contribution is -2.27. The molecule has 1 atom stereocenters. The molecule has 4 rings (SSSR count). The van der Waals surface area contributed by atoms with Crippen molar-refractivity contribution >= 4 is 21.4 Å². The van der Waals surface area contributed by atoms with Gasteiger partial charge in [-0.3, -0.25) is 9.89 Å². The summed E-state index contributed by atoms with van der Waals surface area (Å²) in [5.41, 5.74) is 1.27. The van der Waals surface area contributed by atoms with Gasteiger partial charge < -0.3 is 14.8 Å². The number of nitrogens with one attached hydrogen (secondary N) is 2. The van der Waals surface area contributed by atoms with Crippen molar-refractivity contribution in [2.45, 2.75) is 38.7 Å². The van der Waals surface area contributed by atoms with Crippen LogP contribution in [-0.2, 0) is 12.0 Å². The first-order valence-electron chi connectivity index (χ1n) is 8.09. The van der Waals surface area contributed by atoms with Gasteiger partial charge >= 0.3 is 0 Å². The van der Waals surface area contributed by atoms with Gasteiger partial charge in [0.1, 0.15) is 16.1 Å². The second-order valence-corrected chi connectivity index (χ2v) is 7.36. The average Bonchev–Trinajstić information content (AvgIpc) is 3.16. The van der Waals surface area contributed by atoms with Gasteiger partial charge in [-0.15, -0.1) is 11.3 Å². The lowest BCUT2D eigenvalue weighted by Gasteiger charge is -2.24. The Balaban J connectivity index is 2.11. The quantitative estimate of drug-likeness (QED) is 0.681. The molecule has 0 aliphatic carbocycles. The predicted molar refractivity (Wildman–Crippen MR) is 93.7 cm³/mol. The van der Waals surface area contributed by atoms with Crippen molar-refractivity contribution in [2.24, 2.45) is 0 Å². The van der Waals surface area contributed by atoms with Crippen LogP contribution in [0, 0.1) is 0 Å². The van der Waals surface area contributed by atoms with Crippen molar-refractivity contribution in [3.63, 3.8) is 0 Å². The molecule has 6 nitrogen and oxygen atoms in total. The SMILES string of the molecule is CCC(C)(O)c1[nH]c(=O)c2sc(-c3cn[nH]c3)c3c2c1CCCO3. The fourth-order valence-corrected chi connectivity index (χ4v) is 4.38. The fourth-order valence-electron chi connectivity index (χ4n) is 3.23. The van der Waals surface area contributed by atoms with Crippen LogP contribution in [0.4, 0.5) is 0 Å². The summed E-state index contributed by atoms with van der Waals surface area (Å²) in [5.74, 6) is 0.739. The molecule has 0 fully saturated rings. The number of aromatic amines is 2. The number of thiophene rings is 1. The number of hydrogen-bond acceptors (Lipinski definition) is 5. The van der Waals surface area contributed by atoms with E-state index in [0.29, 0.717) is 23.4 Å². The molecule has 126 valence electrons. The standard InChI is InChI=1S/C17H19N3O3S/c1-3-17(2,22)15-10-5-4-6-23-12-11(10)14(16(21)20-15)24-13(12)9-7-18-19-8-9/h7-8,22H,3-6H2,1-2H3,(H,18,19)(H,20,21). The number of nitrogens with zero attached hydrogens (tertiary/aromatic N) is 1. The van der Waals surface area contributed by atoms with Gasteiger partial charge in [0.05, 0.1) is 23.4 Å². The molecule has 0 aromatic carbocycles. The molecular weight excluding hydrogens is 326 g/mol. The molecule has 3 aromatic rings. The lowest BCUT2D eigenvalue weighted by atomic mass is 9.91. The Morgan fingerprint density at radius 2 is 2.33 bits per heavy atom. The van der Waals surface area contributed by atoms with Crippen molar-refractivity contribution < 1.29 is 9.84 Å². The molecule has 3 N–H and O–H groups in total. The summed E-state index contributed by atoms with van der Waals surface area (Å²) < 4.78 is 6.65. The molecule has 0 saturated carbocycles. The number of H-pyrrole nitrogens is 2. The summed E-state index contributed by atoms with van der Waals surface area (Å²) in [6.07, 6.45) is 5.67. The molecule has 0 spiro atoms. The number of aryl methyl sites for hydroxylation is 1. The summed E-state index contributed by atoms with van der Waals surface area (Å²) in [4.78, 5) is 16.5. The van der Waals surface area contributed by atoms with Gasteiger partial charge in [-0.05, 0) is 31.7 Å². The van der Waals surface area contributed by atoms with Gasteiger partial charge in [0.25, 0.3) is 5.56 Å². The molecule has 24 heavy (non-hydrogen) atoms. The Morgan fingerprint density at radius 3 is 3.04 bits per heavy atom. The third kappa shape index (κ3) is 2.19. The van der Waals surface area contributed by atoms with Gasteiger partial charge in [0.2, 0.25) is 0 Å². The number of rotatable bonds is 3.